The van der Waals surface area contributed by atoms with Crippen molar-refractivity contribution in [3.05, 3.63) is 63.1 Å². The van der Waals surface area contributed by atoms with Gasteiger partial charge in [0.05, 0.1) is 10.4 Å². The SMILES string of the molecule is O=C(Nc1cc(F)c(Oc2ccnc3[nH]cc(Cl)c23)c(F)c1)Nc1ccc(I)nn1. The highest BCUT2D eigenvalue weighted by Crippen LogP contribution is 2.36. The van der Waals surface area contributed by atoms with Crippen molar-refractivity contribution in [2.75, 3.05) is 10.6 Å². The Hall–Kier alpha value is -3.06. The number of halogens is 4. The fourth-order valence-electron chi connectivity index (χ4n) is 2.57. The van der Waals surface area contributed by atoms with Gasteiger partial charge in [-0.1, -0.05) is 11.6 Å². The lowest BCUT2D eigenvalue weighted by molar-refractivity contribution is 0.262. The Morgan fingerprint density at radius 1 is 1.13 bits per heavy atom. The summed E-state index contributed by atoms with van der Waals surface area (Å²) in [5.41, 5.74) is 0.292. The van der Waals surface area contributed by atoms with Crippen molar-refractivity contribution in [1.29, 1.82) is 0 Å². The molecule has 0 saturated heterocycles. The van der Waals surface area contributed by atoms with Gasteiger partial charge in [0.25, 0.3) is 0 Å². The monoisotopic (exact) mass is 542 g/mol. The van der Waals surface area contributed by atoms with E-state index in [4.69, 9.17) is 16.3 Å². The van der Waals surface area contributed by atoms with Crippen LogP contribution in [0.5, 0.6) is 11.5 Å². The van der Waals surface area contributed by atoms with Gasteiger partial charge in [0.1, 0.15) is 15.1 Å². The zero-order valence-corrected chi connectivity index (χ0v) is 17.6. The van der Waals surface area contributed by atoms with Crippen molar-refractivity contribution in [3.63, 3.8) is 0 Å². The van der Waals surface area contributed by atoms with Crippen LogP contribution in [0.1, 0.15) is 0 Å². The van der Waals surface area contributed by atoms with E-state index in [1.54, 1.807) is 6.07 Å². The van der Waals surface area contributed by atoms with E-state index >= 15 is 0 Å². The van der Waals surface area contributed by atoms with Gasteiger partial charge in [-0.2, -0.15) is 0 Å². The topological polar surface area (TPSA) is 105 Å². The molecule has 0 unspecified atom stereocenters. The quantitative estimate of drug-likeness (QED) is 0.303. The molecule has 4 rings (SSSR count). The van der Waals surface area contributed by atoms with Gasteiger partial charge in [-0.3, -0.25) is 5.32 Å². The molecule has 0 spiro atoms. The number of anilines is 2. The minimum Gasteiger partial charge on any atom is -0.450 e. The molecule has 0 atom stereocenters. The number of carbonyl (C=O) groups excluding carboxylic acids is 1. The largest absolute Gasteiger partial charge is 0.450 e. The number of aromatic nitrogens is 4. The fraction of sp³-hybridized carbons (Fsp3) is 0. The first-order valence-corrected chi connectivity index (χ1v) is 9.72. The summed E-state index contributed by atoms with van der Waals surface area (Å²) in [5, 5.41) is 13.0. The minimum absolute atomic E-state index is 0.118. The van der Waals surface area contributed by atoms with Crippen LogP contribution in [0, 0.1) is 15.3 Å². The average Bonchev–Trinajstić information content (AvgIpc) is 3.08. The number of rotatable bonds is 4. The molecule has 0 aliphatic rings. The van der Waals surface area contributed by atoms with Crippen molar-refractivity contribution >= 4 is 62.8 Å². The third-order valence-corrected chi connectivity index (χ3v) is 4.70. The third kappa shape index (κ3) is 4.26. The van der Waals surface area contributed by atoms with Gasteiger partial charge >= 0.3 is 6.03 Å². The van der Waals surface area contributed by atoms with Crippen molar-refractivity contribution < 1.29 is 18.3 Å². The maximum absolute atomic E-state index is 14.5. The number of hydrogen-bond donors (Lipinski definition) is 3. The number of carbonyl (C=O) groups is 1. The lowest BCUT2D eigenvalue weighted by Gasteiger charge is -2.12. The number of urea groups is 1. The van der Waals surface area contributed by atoms with E-state index in [2.05, 4.69) is 30.8 Å². The molecule has 0 radical (unpaired) electrons. The molecule has 0 fully saturated rings. The fourth-order valence-corrected chi connectivity index (χ4v) is 3.10. The van der Waals surface area contributed by atoms with E-state index in [1.807, 2.05) is 22.6 Å². The number of fused-ring (bicyclic) bond motifs is 1. The zero-order chi connectivity index (χ0) is 21.3. The first-order chi connectivity index (χ1) is 14.4. The molecule has 3 aromatic heterocycles. The molecule has 0 aliphatic heterocycles. The molecule has 12 heteroatoms. The molecular weight excluding hydrogens is 533 g/mol. The number of nitrogens with zero attached hydrogens (tertiary/aromatic N) is 3. The van der Waals surface area contributed by atoms with E-state index in [9.17, 15) is 13.6 Å². The first kappa shape index (κ1) is 20.2. The van der Waals surface area contributed by atoms with Crippen molar-refractivity contribution in [2.24, 2.45) is 0 Å². The first-order valence-electron chi connectivity index (χ1n) is 8.26. The number of amides is 2. The number of pyridine rings is 1. The van der Waals surface area contributed by atoms with Crippen LogP contribution < -0.4 is 15.4 Å². The summed E-state index contributed by atoms with van der Waals surface area (Å²) in [7, 11) is 0. The van der Waals surface area contributed by atoms with E-state index in [1.165, 1.54) is 24.5 Å². The summed E-state index contributed by atoms with van der Waals surface area (Å²) in [6.45, 7) is 0. The van der Waals surface area contributed by atoms with Gasteiger partial charge < -0.3 is 15.0 Å². The highest BCUT2D eigenvalue weighted by atomic mass is 127. The van der Waals surface area contributed by atoms with Crippen LogP contribution in [-0.4, -0.2) is 26.2 Å². The lowest BCUT2D eigenvalue weighted by Crippen LogP contribution is -2.20. The molecule has 0 aliphatic carbocycles. The lowest BCUT2D eigenvalue weighted by atomic mass is 10.2. The van der Waals surface area contributed by atoms with Gasteiger partial charge in [-0.25, -0.2) is 18.6 Å². The Balaban J connectivity index is 1.54. The van der Waals surface area contributed by atoms with Crippen LogP contribution >= 0.6 is 34.2 Å². The van der Waals surface area contributed by atoms with Crippen LogP contribution in [0.15, 0.2) is 42.7 Å². The summed E-state index contributed by atoms with van der Waals surface area (Å²) in [5.74, 6) is -2.38. The molecule has 1 aromatic carbocycles. The summed E-state index contributed by atoms with van der Waals surface area (Å²) < 4.78 is 35.1. The molecular formula is C18H10ClF2IN6O2. The Bertz CT molecular complexity index is 1230. The summed E-state index contributed by atoms with van der Waals surface area (Å²) in [6.07, 6.45) is 2.90. The highest BCUT2D eigenvalue weighted by molar-refractivity contribution is 14.1. The number of benzene rings is 1. The minimum atomic E-state index is -1.02. The van der Waals surface area contributed by atoms with Crippen LogP contribution in [0.3, 0.4) is 0 Å². The average molecular weight is 543 g/mol. The van der Waals surface area contributed by atoms with E-state index in [0.29, 0.717) is 19.8 Å². The second-order valence-corrected chi connectivity index (χ2v) is 7.37. The van der Waals surface area contributed by atoms with Crippen LogP contribution in [0.2, 0.25) is 5.02 Å². The number of aromatic amines is 1. The smallest absolute Gasteiger partial charge is 0.324 e. The number of nitrogens with one attached hydrogen (secondary N) is 3. The predicted molar refractivity (Wildman–Crippen MR) is 115 cm³/mol. The third-order valence-electron chi connectivity index (χ3n) is 3.83. The summed E-state index contributed by atoms with van der Waals surface area (Å²) >= 11 is 8.04. The van der Waals surface area contributed by atoms with Gasteiger partial charge in [-0.05, 0) is 40.8 Å². The molecule has 0 bridgehead atoms. The van der Waals surface area contributed by atoms with Gasteiger partial charge in [-0.15, -0.1) is 10.2 Å². The Morgan fingerprint density at radius 2 is 1.90 bits per heavy atom. The van der Waals surface area contributed by atoms with Crippen LogP contribution in [-0.2, 0) is 0 Å². The molecule has 30 heavy (non-hydrogen) atoms. The summed E-state index contributed by atoms with van der Waals surface area (Å²) in [4.78, 5) is 18.9. The molecule has 0 saturated carbocycles. The van der Waals surface area contributed by atoms with E-state index in [-0.39, 0.29) is 17.3 Å². The van der Waals surface area contributed by atoms with Gasteiger partial charge in [0.2, 0.25) is 0 Å². The second kappa shape index (κ2) is 8.36. The Kier molecular flexibility index (Phi) is 5.63. The molecule has 2 amide bonds. The van der Waals surface area contributed by atoms with Crippen molar-refractivity contribution in [3.8, 4) is 11.5 Å². The van der Waals surface area contributed by atoms with E-state index in [0.717, 1.165) is 12.1 Å². The number of H-pyrrole nitrogens is 1. The van der Waals surface area contributed by atoms with Crippen LogP contribution in [0.25, 0.3) is 11.0 Å². The number of hydrogen-bond acceptors (Lipinski definition) is 5. The summed E-state index contributed by atoms with van der Waals surface area (Å²) in [6, 6.07) is 5.72. The van der Waals surface area contributed by atoms with Crippen LogP contribution in [0.4, 0.5) is 25.1 Å². The van der Waals surface area contributed by atoms with E-state index < -0.39 is 23.4 Å². The Labute approximate surface area is 186 Å². The standard InChI is InChI=1S/C18H10ClF2IN6O2/c19-9-7-24-17-15(9)12(3-4-23-17)30-16-10(20)5-8(6-11(16)21)25-18(29)26-14-2-1-13(22)27-28-14/h1-7H,(H,23,24)(H2,25,26,28,29). The predicted octanol–water partition coefficient (Wildman–Crippen LogP) is 5.33. The maximum atomic E-state index is 14.5. The molecule has 4 aromatic rings. The Morgan fingerprint density at radius 3 is 2.60 bits per heavy atom. The van der Waals surface area contributed by atoms with Crippen molar-refractivity contribution in [2.45, 2.75) is 0 Å². The normalized spacial score (nSPS) is 10.8. The molecule has 3 N–H and O–H groups in total. The molecule has 152 valence electrons. The molecule has 8 nitrogen and oxygen atoms in total. The maximum Gasteiger partial charge on any atom is 0.324 e. The second-order valence-electron chi connectivity index (χ2n) is 5.86. The van der Waals surface area contributed by atoms with Crippen molar-refractivity contribution in [1.82, 2.24) is 20.2 Å². The molecule has 3 heterocycles. The zero-order valence-electron chi connectivity index (χ0n) is 14.7. The highest BCUT2D eigenvalue weighted by Gasteiger charge is 2.18. The van der Waals surface area contributed by atoms with Gasteiger partial charge in [0, 0.05) is 30.2 Å². The number of ether oxygens (including phenoxy) is 1. The van der Waals surface area contributed by atoms with Gasteiger partial charge in [0.15, 0.2) is 23.2 Å².